The zero-order valence-corrected chi connectivity index (χ0v) is 17.2. The fourth-order valence-electron chi connectivity index (χ4n) is 3.15. The number of rotatable bonds is 9. The Morgan fingerprint density at radius 3 is 2.73 bits per heavy atom. The summed E-state index contributed by atoms with van der Waals surface area (Å²) in [7, 11) is 0. The molecular weight excluding hydrogens is 369 g/mol. The molecule has 1 saturated heterocycles. The van der Waals surface area contributed by atoms with Crippen LogP contribution in [0.25, 0.3) is 11.7 Å². The molecule has 3 heterocycles. The molecule has 2 aromatic heterocycles. The Balaban J connectivity index is 0.00000169. The largest absolute Gasteiger partial charge is 0.369 e. The molecule has 0 radical (unpaired) electrons. The van der Waals surface area contributed by atoms with E-state index in [1.54, 1.807) is 0 Å². The number of imidazole rings is 1. The third-order valence-electron chi connectivity index (χ3n) is 4.56. The highest BCUT2D eigenvalue weighted by Crippen LogP contribution is 2.12. The number of likely N-dealkylation sites (tertiary alicyclic amines) is 1. The van der Waals surface area contributed by atoms with Crippen LogP contribution in [0.5, 0.6) is 0 Å². The van der Waals surface area contributed by atoms with E-state index in [0.29, 0.717) is 0 Å². The lowest BCUT2D eigenvalue weighted by Gasteiger charge is -2.14. The van der Waals surface area contributed by atoms with Gasteiger partial charge in [-0.2, -0.15) is 0 Å². The monoisotopic (exact) mass is 399 g/mol. The predicted molar refractivity (Wildman–Crippen MR) is 115 cm³/mol. The highest BCUT2D eigenvalue weighted by molar-refractivity contribution is 5.85. The van der Waals surface area contributed by atoms with Crippen LogP contribution >= 0.6 is 24.8 Å². The Morgan fingerprint density at radius 1 is 1.15 bits per heavy atom. The number of fused-ring (bicyclic) bond motifs is 1. The van der Waals surface area contributed by atoms with Crippen LogP contribution in [0, 0.1) is 0 Å². The van der Waals surface area contributed by atoms with Crippen LogP contribution in [-0.4, -0.2) is 45.7 Å². The molecular formula is C19H31Cl2N5. The zero-order valence-electron chi connectivity index (χ0n) is 15.6. The third kappa shape index (κ3) is 6.45. The van der Waals surface area contributed by atoms with E-state index in [2.05, 4.69) is 39.4 Å². The number of unbranched alkanes of at least 4 members (excludes halogenated alkanes) is 2. The van der Waals surface area contributed by atoms with Crippen molar-refractivity contribution >= 4 is 42.4 Å². The summed E-state index contributed by atoms with van der Waals surface area (Å²) >= 11 is 0. The van der Waals surface area contributed by atoms with Crippen LogP contribution in [-0.2, 0) is 0 Å². The average molecular weight is 400 g/mol. The maximum atomic E-state index is 4.68. The van der Waals surface area contributed by atoms with E-state index in [-0.39, 0.29) is 24.8 Å². The summed E-state index contributed by atoms with van der Waals surface area (Å²) < 4.78 is 1.92. The van der Waals surface area contributed by atoms with Crippen LogP contribution < -0.4 is 5.32 Å². The van der Waals surface area contributed by atoms with Gasteiger partial charge in [-0.3, -0.25) is 0 Å². The molecule has 1 N–H and O–H groups in total. The van der Waals surface area contributed by atoms with Crippen molar-refractivity contribution in [2.24, 2.45) is 0 Å². The highest BCUT2D eigenvalue weighted by atomic mass is 35.5. The van der Waals surface area contributed by atoms with Crippen molar-refractivity contribution in [1.29, 1.82) is 0 Å². The van der Waals surface area contributed by atoms with E-state index in [4.69, 9.17) is 0 Å². The van der Waals surface area contributed by atoms with E-state index >= 15 is 0 Å². The van der Waals surface area contributed by atoms with Crippen LogP contribution in [0.1, 0.15) is 51.1 Å². The Hall–Kier alpha value is -1.30. The van der Waals surface area contributed by atoms with Gasteiger partial charge in [-0.15, -0.1) is 29.9 Å². The number of halogens is 2. The van der Waals surface area contributed by atoms with Crippen molar-refractivity contribution in [3.63, 3.8) is 0 Å². The van der Waals surface area contributed by atoms with E-state index in [0.717, 1.165) is 36.5 Å². The fraction of sp³-hybridized carbons (Fsp3) is 0.579. The molecule has 0 saturated carbocycles. The molecule has 3 rings (SSSR count). The van der Waals surface area contributed by atoms with Crippen LogP contribution in [0.15, 0.2) is 24.4 Å². The lowest BCUT2D eigenvalue weighted by Crippen LogP contribution is -2.22. The first-order chi connectivity index (χ1) is 11.9. The van der Waals surface area contributed by atoms with Gasteiger partial charge in [0.15, 0.2) is 5.65 Å². The van der Waals surface area contributed by atoms with Gasteiger partial charge in [-0.05, 0) is 63.5 Å². The molecule has 0 spiro atoms. The molecule has 0 atom stereocenters. The minimum Gasteiger partial charge on any atom is -0.369 e. The number of aromatic nitrogens is 3. The number of anilines is 1. The molecule has 1 aliphatic rings. The SMILES string of the molecule is CCCC/C=C/c1cnc2ccc(NCCCN3CCCC3)nn12.Cl.Cl. The topological polar surface area (TPSA) is 45.5 Å². The van der Waals surface area contributed by atoms with Gasteiger partial charge >= 0.3 is 0 Å². The Bertz CT molecular complexity index is 665. The number of nitrogens with zero attached hydrogens (tertiary/aromatic N) is 4. The molecule has 7 heteroatoms. The smallest absolute Gasteiger partial charge is 0.154 e. The van der Waals surface area contributed by atoms with Gasteiger partial charge in [0.2, 0.25) is 0 Å². The van der Waals surface area contributed by atoms with Gasteiger partial charge in [-0.1, -0.05) is 25.8 Å². The van der Waals surface area contributed by atoms with Crippen molar-refractivity contribution in [3.05, 3.63) is 30.1 Å². The second-order valence-electron chi connectivity index (χ2n) is 6.55. The zero-order chi connectivity index (χ0) is 16.6. The summed E-state index contributed by atoms with van der Waals surface area (Å²) in [4.78, 5) is 6.97. The second-order valence-corrected chi connectivity index (χ2v) is 6.55. The van der Waals surface area contributed by atoms with Crippen molar-refractivity contribution in [1.82, 2.24) is 19.5 Å². The summed E-state index contributed by atoms with van der Waals surface area (Å²) in [5.74, 6) is 0.921. The summed E-state index contributed by atoms with van der Waals surface area (Å²) in [6, 6.07) is 4.04. The van der Waals surface area contributed by atoms with Crippen molar-refractivity contribution < 1.29 is 0 Å². The van der Waals surface area contributed by atoms with Gasteiger partial charge in [0, 0.05) is 6.54 Å². The van der Waals surface area contributed by atoms with Crippen molar-refractivity contribution in [2.45, 2.75) is 45.4 Å². The molecule has 0 aromatic carbocycles. The summed E-state index contributed by atoms with van der Waals surface area (Å²) in [6.45, 7) is 6.91. The number of allylic oxidation sites excluding steroid dienone is 1. The number of nitrogens with one attached hydrogen (secondary N) is 1. The van der Waals surface area contributed by atoms with E-state index < -0.39 is 0 Å². The molecule has 146 valence electrons. The van der Waals surface area contributed by atoms with Gasteiger partial charge in [0.05, 0.1) is 11.9 Å². The first-order valence-electron chi connectivity index (χ1n) is 9.34. The van der Waals surface area contributed by atoms with Gasteiger partial charge < -0.3 is 10.2 Å². The van der Waals surface area contributed by atoms with Crippen LogP contribution in [0.3, 0.4) is 0 Å². The molecule has 2 aromatic rings. The molecule has 1 fully saturated rings. The fourth-order valence-corrected chi connectivity index (χ4v) is 3.15. The highest BCUT2D eigenvalue weighted by Gasteiger charge is 2.10. The van der Waals surface area contributed by atoms with Gasteiger partial charge in [0.25, 0.3) is 0 Å². The lowest BCUT2D eigenvalue weighted by atomic mass is 10.2. The molecule has 0 bridgehead atoms. The third-order valence-corrected chi connectivity index (χ3v) is 4.56. The van der Waals surface area contributed by atoms with Crippen molar-refractivity contribution in [2.75, 3.05) is 31.5 Å². The average Bonchev–Trinajstić information content (AvgIpc) is 3.25. The molecule has 0 aliphatic carbocycles. The predicted octanol–water partition coefficient (Wildman–Crippen LogP) is 4.67. The van der Waals surface area contributed by atoms with Crippen molar-refractivity contribution in [3.8, 4) is 0 Å². The van der Waals surface area contributed by atoms with Crippen LogP contribution in [0.4, 0.5) is 5.82 Å². The Kier molecular flexibility index (Phi) is 10.6. The number of hydrogen-bond donors (Lipinski definition) is 1. The van der Waals surface area contributed by atoms with Gasteiger partial charge in [0.1, 0.15) is 5.82 Å². The minimum atomic E-state index is 0. The summed E-state index contributed by atoms with van der Waals surface area (Å²) in [5, 5.41) is 8.13. The van der Waals surface area contributed by atoms with Crippen LogP contribution in [0.2, 0.25) is 0 Å². The minimum absolute atomic E-state index is 0. The number of hydrogen-bond acceptors (Lipinski definition) is 4. The molecule has 1 aliphatic heterocycles. The van der Waals surface area contributed by atoms with E-state index in [9.17, 15) is 0 Å². The Morgan fingerprint density at radius 2 is 1.96 bits per heavy atom. The van der Waals surface area contributed by atoms with E-state index in [1.807, 2.05) is 22.8 Å². The maximum Gasteiger partial charge on any atom is 0.154 e. The normalized spacial score (nSPS) is 14.5. The standard InChI is InChI=1S/C19H29N5.2ClH/c1-2-3-4-5-9-17-16-21-19-11-10-18(22-24(17)19)20-12-8-15-23-13-6-7-14-23;;/h5,9-11,16H,2-4,6-8,12-15H2,1H3,(H,20,22);2*1H/b9-5+;;. The first kappa shape index (κ1) is 22.7. The summed E-state index contributed by atoms with van der Waals surface area (Å²) in [6.07, 6.45) is 13.7. The molecule has 0 unspecified atom stereocenters. The van der Waals surface area contributed by atoms with E-state index in [1.165, 1.54) is 45.3 Å². The molecule has 5 nitrogen and oxygen atoms in total. The van der Waals surface area contributed by atoms with Gasteiger partial charge in [-0.25, -0.2) is 9.50 Å². The first-order valence-corrected chi connectivity index (χ1v) is 9.34. The Labute approximate surface area is 169 Å². The molecule has 26 heavy (non-hydrogen) atoms. The molecule has 0 amide bonds. The maximum absolute atomic E-state index is 4.68. The summed E-state index contributed by atoms with van der Waals surface area (Å²) in [5.41, 5.74) is 1.94. The lowest BCUT2D eigenvalue weighted by molar-refractivity contribution is 0.337. The quantitative estimate of drug-likeness (QED) is 0.621. The second kappa shape index (κ2) is 12.2.